The fraction of sp³-hybridized carbons (Fsp3) is 0.333. The molecule has 2 aliphatic rings. The first-order valence-electron chi connectivity index (χ1n) is 8.63. The Balaban J connectivity index is 1.40. The highest BCUT2D eigenvalue weighted by atomic mass is 35.5. The predicted octanol–water partition coefficient (Wildman–Crippen LogP) is 3.96. The van der Waals surface area contributed by atoms with Gasteiger partial charge in [0.25, 0.3) is 0 Å². The molecule has 4 rings (SSSR count). The molecule has 2 nitrogen and oxygen atoms in total. The highest BCUT2D eigenvalue weighted by Gasteiger charge is 2.27. The van der Waals surface area contributed by atoms with Gasteiger partial charge in [0.2, 0.25) is 0 Å². The maximum Gasteiger partial charge on any atom is 0.0707 e. The van der Waals surface area contributed by atoms with Gasteiger partial charge in [-0.05, 0) is 59.2 Å². The molecule has 124 valence electrons. The summed E-state index contributed by atoms with van der Waals surface area (Å²) in [5, 5.41) is 11.3. The fourth-order valence-corrected chi connectivity index (χ4v) is 4.17. The summed E-state index contributed by atoms with van der Waals surface area (Å²) in [7, 11) is 0. The second-order valence-corrected chi connectivity index (χ2v) is 7.33. The first-order valence-corrected chi connectivity index (χ1v) is 9.01. The minimum atomic E-state index is -0.312. The minimum Gasteiger partial charge on any atom is -0.391 e. The van der Waals surface area contributed by atoms with Crippen LogP contribution in [-0.2, 0) is 12.8 Å². The molecule has 0 bridgehead atoms. The number of benzene rings is 2. The Hall–Kier alpha value is -1.61. The van der Waals surface area contributed by atoms with Gasteiger partial charge in [0.1, 0.15) is 0 Å². The Bertz CT molecular complexity index is 769. The van der Waals surface area contributed by atoms with Gasteiger partial charge in [-0.1, -0.05) is 48.0 Å². The Morgan fingerprint density at radius 3 is 2.79 bits per heavy atom. The van der Waals surface area contributed by atoms with E-state index in [1.165, 1.54) is 27.8 Å². The molecule has 0 amide bonds. The van der Waals surface area contributed by atoms with Gasteiger partial charge < -0.3 is 5.11 Å². The van der Waals surface area contributed by atoms with Crippen LogP contribution in [0, 0.1) is 0 Å². The molecule has 2 aromatic carbocycles. The topological polar surface area (TPSA) is 23.5 Å². The van der Waals surface area contributed by atoms with Crippen LogP contribution < -0.4 is 0 Å². The number of nitrogens with zero attached hydrogens (tertiary/aromatic N) is 1. The van der Waals surface area contributed by atoms with Crippen molar-refractivity contribution in [3.05, 3.63) is 75.8 Å². The SMILES string of the molecule is OC(Cc1ccccc1)CN1CCC2=C(Cc3ccc(Cl)cc32)C1. The molecule has 0 fully saturated rings. The summed E-state index contributed by atoms with van der Waals surface area (Å²) in [6.45, 7) is 2.72. The number of halogens is 1. The van der Waals surface area contributed by atoms with E-state index in [0.29, 0.717) is 0 Å². The standard InChI is InChI=1S/C21H22ClNO/c22-18-7-6-16-11-17-13-23(9-8-20(17)21(16)12-18)14-19(24)10-15-4-2-1-3-5-15/h1-7,12,19,24H,8-11,13-14H2. The molecule has 3 heteroatoms. The Labute approximate surface area is 148 Å². The van der Waals surface area contributed by atoms with E-state index in [-0.39, 0.29) is 6.10 Å². The van der Waals surface area contributed by atoms with E-state index in [2.05, 4.69) is 29.2 Å². The van der Waals surface area contributed by atoms with Gasteiger partial charge in [0.15, 0.2) is 0 Å². The lowest BCUT2D eigenvalue weighted by Gasteiger charge is -2.30. The van der Waals surface area contributed by atoms with Crippen molar-refractivity contribution in [2.45, 2.75) is 25.4 Å². The van der Waals surface area contributed by atoms with Crippen molar-refractivity contribution in [2.24, 2.45) is 0 Å². The Morgan fingerprint density at radius 2 is 1.96 bits per heavy atom. The zero-order chi connectivity index (χ0) is 16.5. The molecule has 0 aromatic heterocycles. The van der Waals surface area contributed by atoms with E-state index in [4.69, 9.17) is 11.6 Å². The molecular weight excluding hydrogens is 318 g/mol. The number of rotatable bonds is 4. The van der Waals surface area contributed by atoms with E-state index in [1.807, 2.05) is 24.3 Å². The summed E-state index contributed by atoms with van der Waals surface area (Å²) in [6, 6.07) is 16.5. The first-order chi connectivity index (χ1) is 11.7. The lowest BCUT2D eigenvalue weighted by atomic mass is 9.98. The van der Waals surface area contributed by atoms with Gasteiger partial charge >= 0.3 is 0 Å². The van der Waals surface area contributed by atoms with Crippen molar-refractivity contribution in [3.63, 3.8) is 0 Å². The highest BCUT2D eigenvalue weighted by Crippen LogP contribution is 2.39. The summed E-state index contributed by atoms with van der Waals surface area (Å²) < 4.78 is 0. The van der Waals surface area contributed by atoms with Crippen LogP contribution in [0.15, 0.2) is 54.1 Å². The lowest BCUT2D eigenvalue weighted by Crippen LogP contribution is -2.37. The van der Waals surface area contributed by atoms with Gasteiger partial charge in [-0.3, -0.25) is 4.90 Å². The minimum absolute atomic E-state index is 0.312. The Kier molecular flexibility index (Phi) is 4.45. The monoisotopic (exact) mass is 339 g/mol. The van der Waals surface area contributed by atoms with E-state index >= 15 is 0 Å². The molecule has 0 spiro atoms. The average Bonchev–Trinajstić information content (AvgIpc) is 2.92. The van der Waals surface area contributed by atoms with Crippen molar-refractivity contribution in [2.75, 3.05) is 19.6 Å². The fourth-order valence-electron chi connectivity index (χ4n) is 4.00. The zero-order valence-electron chi connectivity index (χ0n) is 13.7. The number of aliphatic hydroxyl groups excluding tert-OH is 1. The van der Waals surface area contributed by atoms with Gasteiger partial charge in [-0.15, -0.1) is 0 Å². The number of β-amino-alcohol motifs (C(OH)–C–C–N with tert-alkyl or cyclic N) is 1. The predicted molar refractivity (Wildman–Crippen MR) is 99.3 cm³/mol. The average molecular weight is 340 g/mol. The first kappa shape index (κ1) is 15.9. The van der Waals surface area contributed by atoms with Crippen LogP contribution in [-0.4, -0.2) is 35.7 Å². The van der Waals surface area contributed by atoms with Crippen LogP contribution in [0.3, 0.4) is 0 Å². The normalized spacial score (nSPS) is 18.4. The number of hydrogen-bond donors (Lipinski definition) is 1. The molecule has 1 heterocycles. The molecular formula is C21H22ClNO. The smallest absolute Gasteiger partial charge is 0.0707 e. The molecule has 1 aliphatic heterocycles. The maximum absolute atomic E-state index is 10.4. The maximum atomic E-state index is 10.4. The molecule has 1 aliphatic carbocycles. The van der Waals surface area contributed by atoms with Crippen molar-refractivity contribution in [1.82, 2.24) is 4.90 Å². The van der Waals surface area contributed by atoms with Gasteiger partial charge in [-0.2, -0.15) is 0 Å². The summed E-state index contributed by atoms with van der Waals surface area (Å²) in [6.07, 6.45) is 2.50. The third-order valence-electron chi connectivity index (χ3n) is 5.10. The second-order valence-electron chi connectivity index (χ2n) is 6.89. The van der Waals surface area contributed by atoms with Gasteiger partial charge in [-0.25, -0.2) is 0 Å². The molecule has 0 saturated heterocycles. The van der Waals surface area contributed by atoms with Gasteiger partial charge in [0.05, 0.1) is 6.10 Å². The molecule has 0 saturated carbocycles. The molecule has 1 N–H and O–H groups in total. The van der Waals surface area contributed by atoms with Crippen molar-refractivity contribution < 1.29 is 5.11 Å². The molecule has 24 heavy (non-hydrogen) atoms. The van der Waals surface area contributed by atoms with E-state index in [1.54, 1.807) is 0 Å². The van der Waals surface area contributed by atoms with Crippen molar-refractivity contribution in [1.29, 1.82) is 0 Å². The summed E-state index contributed by atoms with van der Waals surface area (Å²) >= 11 is 6.16. The van der Waals surface area contributed by atoms with Crippen molar-refractivity contribution >= 4 is 17.2 Å². The molecule has 1 unspecified atom stereocenters. The number of hydrogen-bond acceptors (Lipinski definition) is 2. The van der Waals surface area contributed by atoms with E-state index in [9.17, 15) is 5.11 Å². The Morgan fingerprint density at radius 1 is 1.12 bits per heavy atom. The third kappa shape index (κ3) is 3.27. The van der Waals surface area contributed by atoms with Crippen LogP contribution in [0.5, 0.6) is 0 Å². The summed E-state index contributed by atoms with van der Waals surface area (Å²) in [5.74, 6) is 0. The van der Waals surface area contributed by atoms with E-state index < -0.39 is 0 Å². The van der Waals surface area contributed by atoms with Crippen LogP contribution in [0.4, 0.5) is 0 Å². The van der Waals surface area contributed by atoms with E-state index in [0.717, 1.165) is 43.9 Å². The highest BCUT2D eigenvalue weighted by molar-refractivity contribution is 6.30. The summed E-state index contributed by atoms with van der Waals surface area (Å²) in [5.41, 5.74) is 6.94. The lowest BCUT2D eigenvalue weighted by molar-refractivity contribution is 0.116. The van der Waals surface area contributed by atoms with Crippen LogP contribution in [0.1, 0.15) is 23.1 Å². The van der Waals surface area contributed by atoms with Crippen LogP contribution >= 0.6 is 11.6 Å². The number of aliphatic hydroxyl groups is 1. The van der Waals surface area contributed by atoms with Crippen LogP contribution in [0.2, 0.25) is 5.02 Å². The molecule has 1 atom stereocenters. The van der Waals surface area contributed by atoms with Crippen molar-refractivity contribution in [3.8, 4) is 0 Å². The number of fused-ring (bicyclic) bond motifs is 2. The molecule has 2 aromatic rings. The largest absolute Gasteiger partial charge is 0.391 e. The second kappa shape index (κ2) is 6.72. The summed E-state index contributed by atoms with van der Waals surface area (Å²) in [4.78, 5) is 2.39. The van der Waals surface area contributed by atoms with Crippen LogP contribution in [0.25, 0.3) is 5.57 Å². The molecule has 0 radical (unpaired) electrons. The quantitative estimate of drug-likeness (QED) is 0.911. The third-order valence-corrected chi connectivity index (χ3v) is 5.34. The zero-order valence-corrected chi connectivity index (χ0v) is 14.5. The van der Waals surface area contributed by atoms with Gasteiger partial charge in [0, 0.05) is 24.7 Å².